The smallest absolute Gasteiger partial charge is 0.299 e. The quantitative estimate of drug-likeness (QED) is 0.527. The van der Waals surface area contributed by atoms with E-state index < -0.39 is 64.7 Å². The zero-order valence-electron chi connectivity index (χ0n) is 14.1. The molecule has 150 valence electrons. The lowest BCUT2D eigenvalue weighted by Crippen LogP contribution is -2.46. The Labute approximate surface area is 154 Å². The normalized spacial score (nSPS) is 30.2. The molecule has 2 bridgehead atoms. The Balaban J connectivity index is 1.82. The molecule has 2 amide bonds. The van der Waals surface area contributed by atoms with Crippen LogP contribution in [0.2, 0.25) is 0 Å². The number of nitrogens with zero attached hydrogens (tertiary/aromatic N) is 1. The van der Waals surface area contributed by atoms with Crippen LogP contribution in [-0.4, -0.2) is 17.6 Å². The fourth-order valence-corrected chi connectivity index (χ4v) is 4.71. The fraction of sp³-hybridized carbons (Fsp3) is 0.500. The highest BCUT2D eigenvalue weighted by Crippen LogP contribution is 2.52. The Morgan fingerprint density at radius 1 is 0.786 bits per heavy atom. The van der Waals surface area contributed by atoms with Gasteiger partial charge in [-0.15, -0.1) is 0 Å². The topological polar surface area (TPSA) is 54.5 Å². The van der Waals surface area contributed by atoms with E-state index in [4.69, 9.17) is 0 Å². The van der Waals surface area contributed by atoms with E-state index in [0.717, 1.165) is 0 Å². The summed E-state index contributed by atoms with van der Waals surface area (Å²) < 4.78 is 78.6. The van der Waals surface area contributed by atoms with Gasteiger partial charge in [-0.1, -0.05) is 0 Å². The molecule has 4 unspecified atom stereocenters. The van der Waals surface area contributed by atoms with Crippen LogP contribution in [0, 0.1) is 23.7 Å². The zero-order chi connectivity index (χ0) is 20.6. The number of fused-ring (bicyclic) bond motifs is 2. The molecular weight excluding hydrogens is 392 g/mol. The summed E-state index contributed by atoms with van der Waals surface area (Å²) in [6.45, 7) is 0. The van der Waals surface area contributed by atoms with Crippen LogP contribution in [0.4, 0.5) is 32.0 Å². The second-order valence-corrected chi connectivity index (χ2v) is 7.44. The van der Waals surface area contributed by atoms with Crippen molar-refractivity contribution in [1.82, 2.24) is 0 Å². The van der Waals surface area contributed by atoms with Crippen molar-refractivity contribution in [2.75, 3.05) is 4.90 Å². The predicted molar refractivity (Wildman–Crippen MR) is 81.8 cm³/mol. The number of carbonyl (C=O) groups excluding carboxylic acids is 3. The van der Waals surface area contributed by atoms with Crippen molar-refractivity contribution in [2.45, 2.75) is 31.6 Å². The molecule has 0 spiro atoms. The van der Waals surface area contributed by atoms with Crippen LogP contribution in [0.25, 0.3) is 0 Å². The van der Waals surface area contributed by atoms with E-state index in [2.05, 4.69) is 0 Å². The third-order valence-corrected chi connectivity index (χ3v) is 5.90. The zero-order valence-corrected chi connectivity index (χ0v) is 14.1. The van der Waals surface area contributed by atoms with Crippen LogP contribution in [-0.2, 0) is 26.7 Å². The summed E-state index contributed by atoms with van der Waals surface area (Å²) in [5.41, 5.74) is -3.97. The Morgan fingerprint density at radius 3 is 1.82 bits per heavy atom. The first kappa shape index (κ1) is 18.9. The molecule has 1 saturated heterocycles. The first-order valence-electron chi connectivity index (χ1n) is 8.59. The van der Waals surface area contributed by atoms with Gasteiger partial charge in [-0.3, -0.25) is 14.4 Å². The van der Waals surface area contributed by atoms with Gasteiger partial charge in [0.2, 0.25) is 11.8 Å². The van der Waals surface area contributed by atoms with Gasteiger partial charge in [0.05, 0.1) is 28.7 Å². The fourth-order valence-electron chi connectivity index (χ4n) is 4.71. The van der Waals surface area contributed by atoms with Gasteiger partial charge < -0.3 is 0 Å². The van der Waals surface area contributed by atoms with E-state index >= 15 is 0 Å². The minimum Gasteiger partial charge on any atom is -0.299 e. The van der Waals surface area contributed by atoms with Crippen molar-refractivity contribution in [1.29, 1.82) is 0 Å². The molecule has 0 N–H and O–H groups in total. The Hall–Kier alpha value is -2.39. The second kappa shape index (κ2) is 5.81. The number of alkyl halides is 6. The van der Waals surface area contributed by atoms with Crippen LogP contribution in [0.5, 0.6) is 0 Å². The van der Waals surface area contributed by atoms with Gasteiger partial charge in [-0.25, -0.2) is 4.90 Å². The lowest BCUT2D eigenvalue weighted by Gasteiger charge is -2.41. The summed E-state index contributed by atoms with van der Waals surface area (Å²) in [5, 5.41) is 0. The van der Waals surface area contributed by atoms with Gasteiger partial charge in [0.15, 0.2) is 0 Å². The minimum absolute atomic E-state index is 0.0607. The predicted octanol–water partition coefficient (Wildman–Crippen LogP) is 3.83. The maximum atomic E-state index is 13.1. The van der Waals surface area contributed by atoms with Crippen molar-refractivity contribution in [2.24, 2.45) is 23.7 Å². The molecule has 0 aromatic heterocycles. The third kappa shape index (κ3) is 2.72. The molecule has 4 atom stereocenters. The molecule has 4 fully saturated rings. The van der Waals surface area contributed by atoms with Crippen LogP contribution in [0.1, 0.15) is 30.4 Å². The minimum atomic E-state index is -5.09. The summed E-state index contributed by atoms with van der Waals surface area (Å²) in [6, 6.07) is 0.674. The van der Waals surface area contributed by atoms with Crippen molar-refractivity contribution in [3.63, 3.8) is 0 Å². The van der Waals surface area contributed by atoms with Crippen molar-refractivity contribution < 1.29 is 40.7 Å². The third-order valence-electron chi connectivity index (χ3n) is 5.90. The van der Waals surface area contributed by atoms with Crippen LogP contribution < -0.4 is 4.90 Å². The molecule has 1 heterocycles. The van der Waals surface area contributed by atoms with Crippen LogP contribution in [0.3, 0.4) is 0 Å². The van der Waals surface area contributed by atoms with Crippen molar-refractivity contribution in [3.05, 3.63) is 29.3 Å². The number of carbonyl (C=O) groups is 3. The maximum Gasteiger partial charge on any atom is 0.416 e. The largest absolute Gasteiger partial charge is 0.416 e. The summed E-state index contributed by atoms with van der Waals surface area (Å²) >= 11 is 0. The number of anilines is 1. The van der Waals surface area contributed by atoms with Crippen LogP contribution >= 0.6 is 0 Å². The highest BCUT2D eigenvalue weighted by Gasteiger charge is 2.61. The summed E-state index contributed by atoms with van der Waals surface area (Å²) in [6.07, 6.45) is -9.16. The first-order valence-corrected chi connectivity index (χ1v) is 8.59. The number of imide groups is 1. The molecule has 1 aromatic carbocycles. The molecule has 3 saturated carbocycles. The number of Topliss-reactive ketones (excluding diaryl/α,β-unsaturated/α-hetero) is 1. The maximum absolute atomic E-state index is 13.1. The summed E-state index contributed by atoms with van der Waals surface area (Å²) in [4.78, 5) is 38.1. The Morgan fingerprint density at radius 2 is 1.32 bits per heavy atom. The number of amides is 2. The molecule has 5 rings (SSSR count). The molecule has 1 aromatic rings. The van der Waals surface area contributed by atoms with Gasteiger partial charge in [-0.05, 0) is 37.0 Å². The molecule has 0 radical (unpaired) electrons. The van der Waals surface area contributed by atoms with Gasteiger partial charge in [0, 0.05) is 12.3 Å². The number of benzene rings is 1. The van der Waals surface area contributed by atoms with Gasteiger partial charge in [-0.2, -0.15) is 26.3 Å². The van der Waals surface area contributed by atoms with E-state index in [1.807, 2.05) is 0 Å². The highest BCUT2D eigenvalue weighted by molar-refractivity contribution is 6.23. The van der Waals surface area contributed by atoms with Crippen molar-refractivity contribution >= 4 is 23.3 Å². The number of halogens is 6. The summed E-state index contributed by atoms with van der Waals surface area (Å²) in [5.74, 6) is -4.89. The van der Waals surface area contributed by atoms with Gasteiger partial charge in [0.25, 0.3) is 0 Å². The van der Waals surface area contributed by atoms with E-state index in [1.54, 1.807) is 0 Å². The van der Waals surface area contributed by atoms with E-state index in [0.29, 0.717) is 29.9 Å². The van der Waals surface area contributed by atoms with E-state index in [-0.39, 0.29) is 18.3 Å². The molecule has 28 heavy (non-hydrogen) atoms. The molecule has 3 aliphatic carbocycles. The monoisotopic (exact) mass is 405 g/mol. The first-order chi connectivity index (χ1) is 12.9. The molecule has 10 heteroatoms. The van der Waals surface area contributed by atoms with Crippen LogP contribution in [0.15, 0.2) is 18.2 Å². The lowest BCUT2D eigenvalue weighted by atomic mass is 9.59. The Bertz CT molecular complexity index is 858. The number of hydrogen-bond acceptors (Lipinski definition) is 3. The highest BCUT2D eigenvalue weighted by atomic mass is 19.4. The Kier molecular flexibility index (Phi) is 3.93. The van der Waals surface area contributed by atoms with E-state index in [1.165, 1.54) is 0 Å². The second-order valence-electron chi connectivity index (χ2n) is 7.44. The number of ketones is 1. The van der Waals surface area contributed by atoms with Crippen molar-refractivity contribution in [3.8, 4) is 0 Å². The van der Waals surface area contributed by atoms with Gasteiger partial charge >= 0.3 is 12.4 Å². The average molecular weight is 405 g/mol. The standard InChI is InChI=1S/C18H13F6NO3/c19-17(20,21)8-4-9(18(22,23)24)6-10(5-8)25-15(27)13-7-1-2-11(12(26)3-7)14(13)16(25)28/h4-7,11,13-14H,1-3H2. The van der Waals surface area contributed by atoms with Gasteiger partial charge in [0.1, 0.15) is 5.78 Å². The molecule has 4 nitrogen and oxygen atoms in total. The summed E-state index contributed by atoms with van der Waals surface area (Å²) in [7, 11) is 0. The van der Waals surface area contributed by atoms with E-state index in [9.17, 15) is 40.7 Å². The average Bonchev–Trinajstić information content (AvgIpc) is 2.86. The SMILES string of the molecule is O=C1CC2CCC1C1C(=O)N(c3cc(C(F)(F)F)cc(C(F)(F)F)c3)C(=O)C21. The number of hydrogen-bond donors (Lipinski definition) is 0. The number of rotatable bonds is 1. The molecular formula is C18H13F6NO3. The molecule has 4 aliphatic rings. The lowest BCUT2D eigenvalue weighted by molar-refractivity contribution is -0.144. The molecule has 1 aliphatic heterocycles.